The zero-order valence-corrected chi connectivity index (χ0v) is 12.7. The van der Waals surface area contributed by atoms with E-state index in [1.54, 1.807) is 0 Å². The standard InChI is InChI=1S/C17H21NO4/c1-18(16(19)14-7-13(8-22-14)17(20)21)15-11-3-9-2-10(5-11)6-12(15)4-9/h7-12,15H,2-6H2,1H3,(H,20,21). The quantitative estimate of drug-likeness (QED) is 0.932. The van der Waals surface area contributed by atoms with E-state index in [1.807, 2.05) is 11.9 Å². The van der Waals surface area contributed by atoms with Crippen LogP contribution in [0.15, 0.2) is 16.7 Å². The number of carbonyl (C=O) groups is 2. The summed E-state index contributed by atoms with van der Waals surface area (Å²) < 4.78 is 5.18. The van der Waals surface area contributed by atoms with Crippen LogP contribution in [-0.4, -0.2) is 35.0 Å². The van der Waals surface area contributed by atoms with E-state index in [0.29, 0.717) is 17.9 Å². The molecule has 0 aliphatic heterocycles. The maximum absolute atomic E-state index is 12.6. The van der Waals surface area contributed by atoms with Crippen molar-refractivity contribution in [2.45, 2.75) is 38.1 Å². The van der Waals surface area contributed by atoms with Crippen LogP contribution in [0.5, 0.6) is 0 Å². The van der Waals surface area contributed by atoms with Gasteiger partial charge >= 0.3 is 5.97 Å². The minimum Gasteiger partial charge on any atom is -0.478 e. The second-order valence-electron chi connectivity index (χ2n) is 7.34. The van der Waals surface area contributed by atoms with Crippen molar-refractivity contribution in [3.8, 4) is 0 Å². The number of aromatic carboxylic acids is 1. The van der Waals surface area contributed by atoms with Crippen molar-refractivity contribution in [3.05, 3.63) is 23.7 Å². The predicted molar refractivity (Wildman–Crippen MR) is 78.6 cm³/mol. The van der Waals surface area contributed by atoms with Crippen LogP contribution in [0.3, 0.4) is 0 Å². The fourth-order valence-corrected chi connectivity index (χ4v) is 5.40. The highest BCUT2D eigenvalue weighted by Crippen LogP contribution is 2.55. The molecule has 22 heavy (non-hydrogen) atoms. The third-order valence-corrected chi connectivity index (χ3v) is 6.00. The lowest BCUT2D eigenvalue weighted by atomic mass is 9.54. The van der Waals surface area contributed by atoms with Gasteiger partial charge in [0.05, 0.1) is 5.56 Å². The molecule has 0 radical (unpaired) electrons. The van der Waals surface area contributed by atoms with Crippen molar-refractivity contribution in [2.75, 3.05) is 7.05 Å². The van der Waals surface area contributed by atoms with E-state index < -0.39 is 5.97 Å². The van der Waals surface area contributed by atoms with Crippen LogP contribution in [0.1, 0.15) is 53.0 Å². The molecule has 1 aromatic heterocycles. The van der Waals surface area contributed by atoms with Crippen LogP contribution in [0.25, 0.3) is 0 Å². The second-order valence-corrected chi connectivity index (χ2v) is 7.34. The summed E-state index contributed by atoms with van der Waals surface area (Å²) in [5.74, 6) is 1.82. The molecule has 4 aliphatic rings. The van der Waals surface area contributed by atoms with Crippen molar-refractivity contribution >= 4 is 11.9 Å². The van der Waals surface area contributed by atoms with Gasteiger partial charge in [0, 0.05) is 19.2 Å². The van der Waals surface area contributed by atoms with E-state index in [9.17, 15) is 9.59 Å². The molecule has 0 aromatic carbocycles. The zero-order valence-electron chi connectivity index (χ0n) is 12.7. The van der Waals surface area contributed by atoms with Gasteiger partial charge < -0.3 is 14.4 Å². The Kier molecular flexibility index (Phi) is 3.06. The molecule has 0 atom stereocenters. The van der Waals surface area contributed by atoms with Crippen molar-refractivity contribution in [3.63, 3.8) is 0 Å². The number of hydrogen-bond acceptors (Lipinski definition) is 3. The normalized spacial score (nSPS) is 35.6. The van der Waals surface area contributed by atoms with E-state index in [-0.39, 0.29) is 17.2 Å². The summed E-state index contributed by atoms with van der Waals surface area (Å²) in [6, 6.07) is 1.62. The Labute approximate surface area is 129 Å². The number of rotatable bonds is 3. The van der Waals surface area contributed by atoms with Gasteiger partial charge in [0.1, 0.15) is 6.26 Å². The monoisotopic (exact) mass is 303 g/mol. The summed E-state index contributed by atoms with van der Waals surface area (Å²) in [5.41, 5.74) is 0.0295. The first-order valence-electron chi connectivity index (χ1n) is 8.12. The largest absolute Gasteiger partial charge is 0.478 e. The number of nitrogens with zero attached hydrogens (tertiary/aromatic N) is 1. The van der Waals surface area contributed by atoms with Crippen molar-refractivity contribution < 1.29 is 19.1 Å². The lowest BCUT2D eigenvalue weighted by Gasteiger charge is -2.56. The lowest BCUT2D eigenvalue weighted by Crippen LogP contribution is -2.56. The number of carbonyl (C=O) groups excluding carboxylic acids is 1. The summed E-state index contributed by atoms with van der Waals surface area (Å²) in [4.78, 5) is 25.4. The van der Waals surface area contributed by atoms with Gasteiger partial charge in [0.15, 0.2) is 5.76 Å². The molecule has 0 unspecified atom stereocenters. The Bertz CT molecular complexity index is 592. The van der Waals surface area contributed by atoms with Crippen LogP contribution in [0.4, 0.5) is 0 Å². The Morgan fingerprint density at radius 1 is 1.14 bits per heavy atom. The van der Waals surface area contributed by atoms with Crippen LogP contribution in [0.2, 0.25) is 0 Å². The van der Waals surface area contributed by atoms with E-state index in [1.165, 1.54) is 38.2 Å². The molecule has 4 bridgehead atoms. The van der Waals surface area contributed by atoms with Gasteiger partial charge in [-0.1, -0.05) is 0 Å². The molecule has 118 valence electrons. The fourth-order valence-electron chi connectivity index (χ4n) is 5.40. The zero-order chi connectivity index (χ0) is 15.4. The molecule has 0 saturated heterocycles. The van der Waals surface area contributed by atoms with Crippen molar-refractivity contribution in [1.29, 1.82) is 0 Å². The molecule has 1 N–H and O–H groups in total. The van der Waals surface area contributed by atoms with Crippen molar-refractivity contribution in [1.82, 2.24) is 4.90 Å². The fraction of sp³-hybridized carbons (Fsp3) is 0.647. The maximum Gasteiger partial charge on any atom is 0.338 e. The molecule has 5 nitrogen and oxygen atoms in total. The Morgan fingerprint density at radius 3 is 2.23 bits per heavy atom. The summed E-state index contributed by atoms with van der Waals surface area (Å²) in [5, 5.41) is 8.95. The van der Waals surface area contributed by atoms with Crippen LogP contribution in [-0.2, 0) is 0 Å². The summed E-state index contributed by atoms with van der Waals surface area (Å²) in [6.07, 6.45) is 7.50. The summed E-state index contributed by atoms with van der Waals surface area (Å²) >= 11 is 0. The molecule has 1 heterocycles. The first-order valence-corrected chi connectivity index (χ1v) is 8.12. The van der Waals surface area contributed by atoms with E-state index in [0.717, 1.165) is 18.1 Å². The summed E-state index contributed by atoms with van der Waals surface area (Å²) in [6.45, 7) is 0. The van der Waals surface area contributed by atoms with Gasteiger partial charge in [-0.2, -0.15) is 0 Å². The average Bonchev–Trinajstić information content (AvgIpc) is 2.95. The Hall–Kier alpha value is -1.78. The highest BCUT2D eigenvalue weighted by Gasteiger charge is 2.50. The maximum atomic E-state index is 12.6. The number of furan rings is 1. The van der Waals surface area contributed by atoms with Gasteiger partial charge in [0.2, 0.25) is 0 Å². The number of amides is 1. The van der Waals surface area contributed by atoms with Crippen LogP contribution < -0.4 is 0 Å². The molecule has 0 spiro atoms. The molecular weight excluding hydrogens is 282 g/mol. The van der Waals surface area contributed by atoms with Gasteiger partial charge in [-0.25, -0.2) is 4.79 Å². The van der Waals surface area contributed by atoms with Gasteiger partial charge in [0.25, 0.3) is 5.91 Å². The molecule has 1 aromatic rings. The van der Waals surface area contributed by atoms with E-state index in [2.05, 4.69) is 0 Å². The lowest BCUT2D eigenvalue weighted by molar-refractivity contribution is -0.0497. The topological polar surface area (TPSA) is 70.8 Å². The minimum atomic E-state index is -1.07. The molecule has 5 rings (SSSR count). The van der Waals surface area contributed by atoms with Crippen molar-refractivity contribution in [2.24, 2.45) is 23.7 Å². The third-order valence-electron chi connectivity index (χ3n) is 6.00. The molecule has 5 heteroatoms. The smallest absolute Gasteiger partial charge is 0.338 e. The Morgan fingerprint density at radius 2 is 1.73 bits per heavy atom. The second kappa shape index (κ2) is 4.86. The van der Waals surface area contributed by atoms with E-state index in [4.69, 9.17) is 9.52 Å². The van der Waals surface area contributed by atoms with Crippen LogP contribution in [0, 0.1) is 23.7 Å². The number of carboxylic acids is 1. The summed E-state index contributed by atoms with van der Waals surface area (Å²) in [7, 11) is 1.85. The number of carboxylic acid groups (broad SMARTS) is 1. The van der Waals surface area contributed by atoms with Gasteiger partial charge in [-0.3, -0.25) is 4.79 Å². The SMILES string of the molecule is CN(C(=O)c1cc(C(=O)O)co1)C1C2CC3CC(C2)CC1C3. The minimum absolute atomic E-state index is 0.0295. The third kappa shape index (κ3) is 2.06. The van der Waals surface area contributed by atoms with E-state index >= 15 is 0 Å². The Balaban J connectivity index is 1.54. The molecular formula is C17H21NO4. The molecule has 4 fully saturated rings. The van der Waals surface area contributed by atoms with Gasteiger partial charge in [-0.15, -0.1) is 0 Å². The molecule has 4 saturated carbocycles. The van der Waals surface area contributed by atoms with Gasteiger partial charge in [-0.05, 0) is 55.8 Å². The predicted octanol–water partition coefficient (Wildman–Crippen LogP) is 2.87. The molecule has 4 aliphatic carbocycles. The first kappa shape index (κ1) is 13.9. The first-order chi connectivity index (χ1) is 10.5. The average molecular weight is 303 g/mol. The van der Waals surface area contributed by atoms with Crippen LogP contribution >= 0.6 is 0 Å². The highest BCUT2D eigenvalue weighted by atomic mass is 16.4. The molecule has 1 amide bonds. The highest BCUT2D eigenvalue weighted by molar-refractivity contribution is 5.95. The number of hydrogen-bond donors (Lipinski definition) is 1.